The van der Waals surface area contributed by atoms with Gasteiger partial charge in [-0.15, -0.1) is 0 Å². The number of nitrogens with zero attached hydrogens (tertiary/aromatic N) is 2. The van der Waals surface area contributed by atoms with E-state index in [-0.39, 0.29) is 11.9 Å². The number of hydrogen-bond donors (Lipinski definition) is 0. The summed E-state index contributed by atoms with van der Waals surface area (Å²) >= 11 is 0. The van der Waals surface area contributed by atoms with Crippen LogP contribution < -0.4 is 4.74 Å². The van der Waals surface area contributed by atoms with E-state index in [9.17, 15) is 23.3 Å². The molecule has 20 heavy (non-hydrogen) atoms. The molecule has 0 N–H and O–H groups in total. The van der Waals surface area contributed by atoms with Crippen LogP contribution in [0.25, 0.3) is 0 Å². The minimum atomic E-state index is -4.78. The van der Waals surface area contributed by atoms with Gasteiger partial charge in [-0.2, -0.15) is 13.2 Å². The molecule has 1 unspecified atom stereocenters. The van der Waals surface area contributed by atoms with Gasteiger partial charge in [0.1, 0.15) is 17.4 Å². The Bertz CT molecular complexity index is 519. The lowest BCUT2D eigenvalue weighted by molar-refractivity contribution is -0.388. The highest BCUT2D eigenvalue weighted by atomic mass is 19.4. The monoisotopic (exact) mass is 290 g/mol. The van der Waals surface area contributed by atoms with Gasteiger partial charge >= 0.3 is 6.18 Å². The molecule has 1 saturated heterocycles. The van der Waals surface area contributed by atoms with Crippen LogP contribution in [-0.4, -0.2) is 36.1 Å². The molecule has 0 radical (unpaired) electrons. The fourth-order valence-electron chi connectivity index (χ4n) is 2.16. The predicted molar refractivity (Wildman–Crippen MR) is 64.6 cm³/mol. The molecule has 1 atom stereocenters. The number of likely N-dealkylation sites (N-methyl/N-ethyl adjacent to an activating group) is 1. The maximum Gasteiger partial charge on any atom is 0.423 e. The summed E-state index contributed by atoms with van der Waals surface area (Å²) < 4.78 is 43.8. The topological polar surface area (TPSA) is 55.6 Å². The van der Waals surface area contributed by atoms with Crippen LogP contribution in [0.5, 0.6) is 5.75 Å². The molecule has 5 nitrogen and oxygen atoms in total. The lowest BCUT2D eigenvalue weighted by Gasteiger charge is -2.15. The largest absolute Gasteiger partial charge is 0.489 e. The summed E-state index contributed by atoms with van der Waals surface area (Å²) in [5, 5.41) is 10.6. The number of rotatable bonds is 3. The van der Waals surface area contributed by atoms with Gasteiger partial charge in [0.15, 0.2) is 0 Å². The number of nitro benzene ring substituents is 1. The van der Waals surface area contributed by atoms with Crippen molar-refractivity contribution in [1.82, 2.24) is 4.90 Å². The van der Waals surface area contributed by atoms with Crippen LogP contribution in [0.1, 0.15) is 12.0 Å². The molecule has 1 aromatic rings. The standard InChI is InChI=1S/C12H13F3N2O3/c1-16-5-4-9(7-16)20-8-2-3-11(17(18)19)10(6-8)12(13,14)15/h2-3,6,9H,4-5,7H2,1H3. The molecule has 0 aliphatic carbocycles. The molecular formula is C12H13F3N2O3. The summed E-state index contributed by atoms with van der Waals surface area (Å²) in [5.74, 6) is 0.00299. The van der Waals surface area contributed by atoms with Crippen LogP contribution in [0.3, 0.4) is 0 Å². The second-order valence-electron chi connectivity index (χ2n) is 4.72. The van der Waals surface area contributed by atoms with Crippen molar-refractivity contribution in [1.29, 1.82) is 0 Å². The molecule has 1 heterocycles. The molecule has 0 saturated carbocycles. The maximum absolute atomic E-state index is 12.8. The van der Waals surface area contributed by atoms with Gasteiger partial charge in [0.2, 0.25) is 0 Å². The van der Waals surface area contributed by atoms with E-state index in [1.54, 1.807) is 0 Å². The highest BCUT2D eigenvalue weighted by Gasteiger charge is 2.38. The number of likely N-dealkylation sites (tertiary alicyclic amines) is 1. The van der Waals surface area contributed by atoms with E-state index < -0.39 is 22.4 Å². The Labute approximate surface area is 113 Å². The summed E-state index contributed by atoms with van der Waals surface area (Å²) in [5.41, 5.74) is -2.25. The first-order chi connectivity index (χ1) is 9.27. The molecule has 1 aliphatic heterocycles. The lowest BCUT2D eigenvalue weighted by atomic mass is 10.1. The van der Waals surface area contributed by atoms with E-state index in [2.05, 4.69) is 0 Å². The van der Waals surface area contributed by atoms with Crippen LogP contribution in [0.4, 0.5) is 18.9 Å². The Morgan fingerprint density at radius 2 is 2.15 bits per heavy atom. The SMILES string of the molecule is CN1CCC(Oc2ccc([N+](=O)[O-])c(C(F)(F)F)c2)C1. The number of hydrogen-bond acceptors (Lipinski definition) is 4. The van der Waals surface area contributed by atoms with Crippen molar-refractivity contribution in [3.8, 4) is 5.75 Å². The molecule has 110 valence electrons. The molecule has 1 fully saturated rings. The van der Waals surface area contributed by atoms with Crippen LogP contribution >= 0.6 is 0 Å². The van der Waals surface area contributed by atoms with Gasteiger partial charge < -0.3 is 9.64 Å². The van der Waals surface area contributed by atoms with Gasteiger partial charge in [0, 0.05) is 19.2 Å². The molecule has 8 heteroatoms. The molecule has 0 bridgehead atoms. The Kier molecular flexibility index (Phi) is 3.85. The zero-order valence-corrected chi connectivity index (χ0v) is 10.7. The first-order valence-corrected chi connectivity index (χ1v) is 5.98. The van der Waals surface area contributed by atoms with Crippen LogP contribution in [0.15, 0.2) is 18.2 Å². The van der Waals surface area contributed by atoms with Crippen LogP contribution in [-0.2, 0) is 6.18 Å². The molecule has 1 aliphatic rings. The first-order valence-electron chi connectivity index (χ1n) is 5.98. The molecular weight excluding hydrogens is 277 g/mol. The van der Waals surface area contributed by atoms with Crippen molar-refractivity contribution in [3.05, 3.63) is 33.9 Å². The fraction of sp³-hybridized carbons (Fsp3) is 0.500. The predicted octanol–water partition coefficient (Wildman–Crippen LogP) is 2.70. The quantitative estimate of drug-likeness (QED) is 0.634. The van der Waals surface area contributed by atoms with Gasteiger partial charge in [-0.1, -0.05) is 0 Å². The first kappa shape index (κ1) is 14.6. The molecule has 0 aromatic heterocycles. The Hall–Kier alpha value is -1.83. The average Bonchev–Trinajstić information content (AvgIpc) is 2.73. The molecule has 1 aromatic carbocycles. The van der Waals surface area contributed by atoms with E-state index in [1.807, 2.05) is 11.9 Å². The van der Waals surface area contributed by atoms with E-state index in [0.29, 0.717) is 12.6 Å². The Morgan fingerprint density at radius 3 is 2.65 bits per heavy atom. The van der Waals surface area contributed by atoms with Crippen molar-refractivity contribution in [3.63, 3.8) is 0 Å². The van der Waals surface area contributed by atoms with E-state index in [0.717, 1.165) is 19.0 Å². The van der Waals surface area contributed by atoms with Crippen molar-refractivity contribution in [2.24, 2.45) is 0 Å². The summed E-state index contributed by atoms with van der Waals surface area (Å²) in [6, 6.07) is 2.72. The van der Waals surface area contributed by atoms with Crippen molar-refractivity contribution in [2.45, 2.75) is 18.7 Å². The van der Waals surface area contributed by atoms with Gasteiger partial charge in [0.25, 0.3) is 5.69 Å². The second kappa shape index (κ2) is 5.28. The minimum absolute atomic E-state index is 0.00299. The molecule has 0 spiro atoms. The van der Waals surface area contributed by atoms with Crippen LogP contribution in [0, 0.1) is 10.1 Å². The third-order valence-electron chi connectivity index (χ3n) is 3.12. The summed E-state index contributed by atoms with van der Waals surface area (Å²) in [6.07, 6.45) is -4.26. The molecule has 0 amide bonds. The van der Waals surface area contributed by atoms with Gasteiger partial charge in [-0.3, -0.25) is 10.1 Å². The third kappa shape index (κ3) is 3.19. The Balaban J connectivity index is 2.25. The highest BCUT2D eigenvalue weighted by Crippen LogP contribution is 2.38. The maximum atomic E-state index is 12.8. The lowest BCUT2D eigenvalue weighted by Crippen LogP contribution is -2.21. The number of benzene rings is 1. The average molecular weight is 290 g/mol. The second-order valence-corrected chi connectivity index (χ2v) is 4.72. The summed E-state index contributed by atoms with van der Waals surface area (Å²) in [4.78, 5) is 11.6. The van der Waals surface area contributed by atoms with E-state index in [4.69, 9.17) is 4.74 Å². The van der Waals surface area contributed by atoms with Crippen molar-refractivity contribution < 1.29 is 22.8 Å². The highest BCUT2D eigenvalue weighted by molar-refractivity contribution is 5.47. The van der Waals surface area contributed by atoms with Gasteiger partial charge in [-0.05, 0) is 25.6 Å². The minimum Gasteiger partial charge on any atom is -0.489 e. The summed E-state index contributed by atoms with van der Waals surface area (Å²) in [7, 11) is 1.89. The van der Waals surface area contributed by atoms with Crippen molar-refractivity contribution in [2.75, 3.05) is 20.1 Å². The van der Waals surface area contributed by atoms with Gasteiger partial charge in [-0.25, -0.2) is 0 Å². The zero-order chi connectivity index (χ0) is 14.9. The Morgan fingerprint density at radius 1 is 1.45 bits per heavy atom. The number of halogens is 3. The smallest absolute Gasteiger partial charge is 0.423 e. The van der Waals surface area contributed by atoms with E-state index >= 15 is 0 Å². The van der Waals surface area contributed by atoms with Crippen molar-refractivity contribution >= 4 is 5.69 Å². The molecule has 2 rings (SSSR count). The number of ether oxygens (including phenoxy) is 1. The van der Waals surface area contributed by atoms with Gasteiger partial charge in [0.05, 0.1) is 4.92 Å². The zero-order valence-electron chi connectivity index (χ0n) is 10.7. The fourth-order valence-corrected chi connectivity index (χ4v) is 2.16. The van der Waals surface area contributed by atoms with Crippen LogP contribution in [0.2, 0.25) is 0 Å². The normalized spacial score (nSPS) is 20.1. The summed E-state index contributed by atoms with van der Waals surface area (Å²) in [6.45, 7) is 1.43. The number of alkyl halides is 3. The third-order valence-corrected chi connectivity index (χ3v) is 3.12. The number of nitro groups is 1. The van der Waals surface area contributed by atoms with E-state index in [1.165, 1.54) is 6.07 Å².